The molecule has 0 unspecified atom stereocenters. The number of aromatic nitrogens is 2. The fourth-order valence-corrected chi connectivity index (χ4v) is 2.45. The van der Waals surface area contributed by atoms with Crippen molar-refractivity contribution in [1.82, 2.24) is 9.78 Å². The van der Waals surface area contributed by atoms with Gasteiger partial charge in [-0.3, -0.25) is 9.48 Å². The highest BCUT2D eigenvalue weighted by Gasteiger charge is 2.23. The van der Waals surface area contributed by atoms with E-state index in [4.69, 9.17) is 4.74 Å². The summed E-state index contributed by atoms with van der Waals surface area (Å²) in [5.41, 5.74) is 2.00. The van der Waals surface area contributed by atoms with E-state index in [1.165, 1.54) is 5.56 Å². The molecule has 0 bridgehead atoms. The maximum Gasteiger partial charge on any atom is 0.253 e. The van der Waals surface area contributed by atoms with Crippen LogP contribution < -0.4 is 5.32 Å². The number of carbonyl (C=O) groups excluding carboxylic acids is 1. The Hall–Kier alpha value is -2.14. The summed E-state index contributed by atoms with van der Waals surface area (Å²) in [5, 5.41) is 7.13. The van der Waals surface area contributed by atoms with Gasteiger partial charge in [0.1, 0.15) is 6.10 Å². The van der Waals surface area contributed by atoms with E-state index in [0.29, 0.717) is 6.61 Å². The van der Waals surface area contributed by atoms with Crippen LogP contribution in [0.15, 0.2) is 42.7 Å². The first-order valence-electron chi connectivity index (χ1n) is 7.30. The van der Waals surface area contributed by atoms with E-state index >= 15 is 0 Å². The summed E-state index contributed by atoms with van der Waals surface area (Å²) in [6, 6.07) is 10.3. The highest BCUT2D eigenvalue weighted by molar-refractivity contribution is 5.94. The molecule has 2 heterocycles. The average molecular weight is 285 g/mol. The molecular formula is C16H19N3O2. The maximum absolute atomic E-state index is 11.9. The zero-order chi connectivity index (χ0) is 14.5. The fraction of sp³-hybridized carbons (Fsp3) is 0.375. The molecule has 21 heavy (non-hydrogen) atoms. The van der Waals surface area contributed by atoms with Crippen molar-refractivity contribution in [2.45, 2.75) is 31.9 Å². The molecule has 1 aromatic carbocycles. The van der Waals surface area contributed by atoms with Crippen molar-refractivity contribution in [3.63, 3.8) is 0 Å². The van der Waals surface area contributed by atoms with E-state index in [2.05, 4.69) is 22.5 Å². The molecule has 1 N–H and O–H groups in total. The van der Waals surface area contributed by atoms with Crippen molar-refractivity contribution in [1.29, 1.82) is 0 Å². The van der Waals surface area contributed by atoms with Crippen molar-refractivity contribution < 1.29 is 9.53 Å². The predicted octanol–water partition coefficient (Wildman–Crippen LogP) is 2.24. The number of nitrogens with zero attached hydrogens (tertiary/aromatic N) is 2. The lowest BCUT2D eigenvalue weighted by molar-refractivity contribution is -0.124. The number of anilines is 1. The molecule has 1 amide bonds. The SMILES string of the molecule is O=C(Nc1cnn(CCc2ccccc2)c1)[C@@H]1CCCO1. The molecule has 3 rings (SSSR count). The first kappa shape index (κ1) is 13.8. The van der Waals surface area contributed by atoms with E-state index in [9.17, 15) is 4.79 Å². The van der Waals surface area contributed by atoms with Gasteiger partial charge in [0.2, 0.25) is 0 Å². The van der Waals surface area contributed by atoms with Crippen molar-refractivity contribution in [2.24, 2.45) is 0 Å². The average Bonchev–Trinajstić information content (AvgIpc) is 3.18. The number of aryl methyl sites for hydroxylation is 2. The summed E-state index contributed by atoms with van der Waals surface area (Å²) in [4.78, 5) is 11.9. The molecule has 5 nitrogen and oxygen atoms in total. The Morgan fingerprint density at radius 1 is 1.38 bits per heavy atom. The molecular weight excluding hydrogens is 266 g/mol. The number of ether oxygens (including phenoxy) is 1. The quantitative estimate of drug-likeness (QED) is 0.916. The van der Waals surface area contributed by atoms with Crippen molar-refractivity contribution in [2.75, 3.05) is 11.9 Å². The summed E-state index contributed by atoms with van der Waals surface area (Å²) in [7, 11) is 0. The van der Waals surface area contributed by atoms with Gasteiger partial charge in [0.15, 0.2) is 0 Å². The molecule has 1 aliphatic rings. The lowest BCUT2D eigenvalue weighted by Gasteiger charge is -2.08. The second-order valence-corrected chi connectivity index (χ2v) is 5.22. The van der Waals surface area contributed by atoms with Crippen LogP contribution in [-0.2, 0) is 22.5 Å². The first-order chi connectivity index (χ1) is 10.3. The minimum absolute atomic E-state index is 0.0740. The minimum atomic E-state index is -0.308. The van der Waals surface area contributed by atoms with Gasteiger partial charge in [0.05, 0.1) is 11.9 Å². The number of carbonyl (C=O) groups is 1. The third-order valence-corrected chi connectivity index (χ3v) is 3.60. The summed E-state index contributed by atoms with van der Waals surface area (Å²) in [6.45, 7) is 1.47. The first-order valence-corrected chi connectivity index (χ1v) is 7.30. The third-order valence-electron chi connectivity index (χ3n) is 3.60. The number of nitrogens with one attached hydrogen (secondary N) is 1. The lowest BCUT2D eigenvalue weighted by Crippen LogP contribution is -2.26. The second kappa shape index (κ2) is 6.54. The van der Waals surface area contributed by atoms with Gasteiger partial charge in [-0.15, -0.1) is 0 Å². The summed E-state index contributed by atoms with van der Waals surface area (Å²) in [6.07, 6.45) is 5.90. The smallest absolute Gasteiger partial charge is 0.253 e. The van der Waals surface area contributed by atoms with Gasteiger partial charge in [-0.05, 0) is 24.8 Å². The highest BCUT2D eigenvalue weighted by atomic mass is 16.5. The van der Waals surface area contributed by atoms with Gasteiger partial charge in [0.25, 0.3) is 5.91 Å². The van der Waals surface area contributed by atoms with Gasteiger partial charge in [-0.1, -0.05) is 30.3 Å². The van der Waals surface area contributed by atoms with E-state index in [1.54, 1.807) is 6.20 Å². The maximum atomic E-state index is 11.9. The fourth-order valence-electron chi connectivity index (χ4n) is 2.45. The van der Waals surface area contributed by atoms with Crippen LogP contribution in [0.5, 0.6) is 0 Å². The van der Waals surface area contributed by atoms with Crippen molar-refractivity contribution in [3.05, 3.63) is 48.3 Å². The van der Waals surface area contributed by atoms with Crippen LogP contribution in [0.4, 0.5) is 5.69 Å². The number of amides is 1. The molecule has 1 atom stereocenters. The second-order valence-electron chi connectivity index (χ2n) is 5.22. The Kier molecular flexibility index (Phi) is 4.31. The van der Waals surface area contributed by atoms with Crippen LogP contribution in [0.1, 0.15) is 18.4 Å². The molecule has 5 heteroatoms. The number of rotatable bonds is 5. The molecule has 0 radical (unpaired) electrons. The van der Waals surface area contributed by atoms with Gasteiger partial charge in [-0.25, -0.2) is 0 Å². The minimum Gasteiger partial charge on any atom is -0.368 e. The molecule has 0 aliphatic carbocycles. The highest BCUT2D eigenvalue weighted by Crippen LogP contribution is 2.15. The Morgan fingerprint density at radius 3 is 3.00 bits per heavy atom. The zero-order valence-corrected chi connectivity index (χ0v) is 11.9. The summed E-state index contributed by atoms with van der Waals surface area (Å²) in [5.74, 6) is -0.0740. The monoisotopic (exact) mass is 285 g/mol. The molecule has 1 aromatic heterocycles. The molecule has 2 aromatic rings. The number of hydrogen-bond acceptors (Lipinski definition) is 3. The Morgan fingerprint density at radius 2 is 2.24 bits per heavy atom. The Labute approximate surface area is 123 Å². The van der Waals surface area contributed by atoms with Crippen LogP contribution in [0, 0.1) is 0 Å². The molecule has 1 fully saturated rings. The van der Waals surface area contributed by atoms with Gasteiger partial charge >= 0.3 is 0 Å². The van der Waals surface area contributed by atoms with Crippen LogP contribution >= 0.6 is 0 Å². The largest absolute Gasteiger partial charge is 0.368 e. The normalized spacial score (nSPS) is 17.8. The Bertz CT molecular complexity index is 589. The summed E-state index contributed by atoms with van der Waals surface area (Å²) < 4.78 is 7.21. The predicted molar refractivity (Wildman–Crippen MR) is 80.0 cm³/mol. The van der Waals surface area contributed by atoms with E-state index in [1.807, 2.05) is 29.1 Å². The van der Waals surface area contributed by atoms with Crippen molar-refractivity contribution >= 4 is 11.6 Å². The van der Waals surface area contributed by atoms with Crippen LogP contribution in [0.25, 0.3) is 0 Å². The van der Waals surface area contributed by atoms with E-state index < -0.39 is 0 Å². The van der Waals surface area contributed by atoms with E-state index in [-0.39, 0.29) is 12.0 Å². The Balaban J connectivity index is 1.52. The van der Waals surface area contributed by atoms with Gasteiger partial charge in [-0.2, -0.15) is 5.10 Å². The lowest BCUT2D eigenvalue weighted by atomic mass is 10.1. The third kappa shape index (κ3) is 3.70. The molecule has 110 valence electrons. The van der Waals surface area contributed by atoms with E-state index in [0.717, 1.165) is 31.5 Å². The van der Waals surface area contributed by atoms with Crippen LogP contribution in [0.3, 0.4) is 0 Å². The van der Waals surface area contributed by atoms with Crippen LogP contribution in [-0.4, -0.2) is 28.4 Å². The van der Waals surface area contributed by atoms with Gasteiger partial charge < -0.3 is 10.1 Å². The van der Waals surface area contributed by atoms with Crippen molar-refractivity contribution in [3.8, 4) is 0 Å². The molecule has 1 saturated heterocycles. The summed E-state index contributed by atoms with van der Waals surface area (Å²) >= 11 is 0. The topological polar surface area (TPSA) is 56.2 Å². The zero-order valence-electron chi connectivity index (χ0n) is 11.9. The standard InChI is InChI=1S/C16H19N3O2/c20-16(15-7-4-10-21-15)18-14-11-17-19(12-14)9-8-13-5-2-1-3-6-13/h1-3,5-6,11-12,15H,4,7-10H2,(H,18,20)/t15-/m0/s1. The molecule has 0 saturated carbocycles. The van der Waals surface area contributed by atoms with Gasteiger partial charge in [0, 0.05) is 19.3 Å². The number of benzene rings is 1. The molecule has 1 aliphatic heterocycles. The van der Waals surface area contributed by atoms with Crippen LogP contribution in [0.2, 0.25) is 0 Å². The molecule has 0 spiro atoms. The number of hydrogen-bond donors (Lipinski definition) is 1.